The summed E-state index contributed by atoms with van der Waals surface area (Å²) < 4.78 is 14.9. The standard InChI is InChI=1S/C26H23FN8O2/c27-19-6-3-17(4-7-19)15-34-23(33-26(9-10-26)24(34)36)14-30-25(37)29-13-22-31-16-32-35(22)20-8-5-18-2-1-11-28-21(18)12-20/h1-8,11-12,16H,9-10,13-15H2,(H2,29,30,37). The molecule has 2 aromatic carbocycles. The van der Waals surface area contributed by atoms with E-state index in [-0.39, 0.29) is 31.4 Å². The number of rotatable bonds is 7. The molecule has 10 nitrogen and oxygen atoms in total. The smallest absolute Gasteiger partial charge is 0.315 e. The zero-order valence-electron chi connectivity index (χ0n) is 19.8. The minimum Gasteiger partial charge on any atom is -0.331 e. The van der Waals surface area contributed by atoms with Crippen LogP contribution in [0.1, 0.15) is 24.2 Å². The maximum Gasteiger partial charge on any atom is 0.315 e. The minimum absolute atomic E-state index is 0.0768. The molecule has 1 spiro atoms. The van der Waals surface area contributed by atoms with Gasteiger partial charge >= 0.3 is 6.03 Å². The van der Waals surface area contributed by atoms with E-state index in [2.05, 4.69) is 30.7 Å². The van der Waals surface area contributed by atoms with E-state index in [1.807, 2.05) is 30.3 Å². The van der Waals surface area contributed by atoms with Crippen molar-refractivity contribution in [1.82, 2.24) is 35.3 Å². The van der Waals surface area contributed by atoms with Crippen LogP contribution < -0.4 is 10.6 Å². The molecule has 3 heterocycles. The Bertz CT molecular complexity index is 1530. The Hall–Kier alpha value is -4.67. The van der Waals surface area contributed by atoms with E-state index in [1.165, 1.54) is 18.5 Å². The topological polar surface area (TPSA) is 117 Å². The van der Waals surface area contributed by atoms with Crippen LogP contribution in [-0.2, 0) is 17.9 Å². The van der Waals surface area contributed by atoms with Crippen LogP contribution in [0.3, 0.4) is 0 Å². The third-order valence-corrected chi connectivity index (χ3v) is 6.54. The first-order chi connectivity index (χ1) is 18.0. The lowest BCUT2D eigenvalue weighted by molar-refractivity contribution is -0.128. The summed E-state index contributed by atoms with van der Waals surface area (Å²) in [5, 5.41) is 10.9. The number of carbonyl (C=O) groups excluding carboxylic acids is 2. The Kier molecular flexibility index (Phi) is 5.59. The molecule has 37 heavy (non-hydrogen) atoms. The predicted molar refractivity (Wildman–Crippen MR) is 133 cm³/mol. The Morgan fingerprint density at radius 2 is 1.84 bits per heavy atom. The van der Waals surface area contributed by atoms with Gasteiger partial charge < -0.3 is 10.6 Å². The van der Waals surface area contributed by atoms with Crippen LogP contribution in [0.25, 0.3) is 16.6 Å². The number of amides is 3. The van der Waals surface area contributed by atoms with Gasteiger partial charge in [-0.3, -0.25) is 19.7 Å². The molecule has 1 fully saturated rings. The van der Waals surface area contributed by atoms with Gasteiger partial charge in [0.15, 0.2) is 5.82 Å². The van der Waals surface area contributed by atoms with Gasteiger partial charge in [-0.1, -0.05) is 24.3 Å². The van der Waals surface area contributed by atoms with Gasteiger partial charge in [0.2, 0.25) is 0 Å². The number of hydrogen-bond acceptors (Lipinski definition) is 6. The molecule has 2 aromatic heterocycles. The molecule has 0 saturated heterocycles. The molecule has 3 amide bonds. The van der Waals surface area contributed by atoms with Crippen LogP contribution in [0.15, 0.2) is 72.1 Å². The van der Waals surface area contributed by atoms with E-state index in [9.17, 15) is 14.0 Å². The lowest BCUT2D eigenvalue weighted by Crippen LogP contribution is -2.44. The van der Waals surface area contributed by atoms with Crippen molar-refractivity contribution < 1.29 is 14.0 Å². The number of pyridine rings is 1. The molecule has 1 aliphatic carbocycles. The lowest BCUT2D eigenvalue weighted by Gasteiger charge is -2.20. The number of hydrogen-bond donors (Lipinski definition) is 2. The highest BCUT2D eigenvalue weighted by atomic mass is 19.1. The summed E-state index contributed by atoms with van der Waals surface area (Å²) in [5.41, 5.74) is 1.70. The zero-order valence-corrected chi connectivity index (χ0v) is 19.8. The van der Waals surface area contributed by atoms with Gasteiger partial charge in [-0.05, 0) is 48.7 Å². The van der Waals surface area contributed by atoms with Crippen molar-refractivity contribution in [1.29, 1.82) is 0 Å². The monoisotopic (exact) mass is 498 g/mol. The van der Waals surface area contributed by atoms with E-state index in [0.717, 1.165) is 22.2 Å². The molecular weight excluding hydrogens is 475 g/mol. The highest BCUT2D eigenvalue weighted by molar-refractivity contribution is 6.10. The molecule has 2 aliphatic rings. The number of nitrogens with one attached hydrogen (secondary N) is 2. The molecule has 0 unspecified atom stereocenters. The number of nitrogens with zero attached hydrogens (tertiary/aromatic N) is 6. The average molecular weight is 499 g/mol. The van der Waals surface area contributed by atoms with Gasteiger partial charge in [-0.15, -0.1) is 0 Å². The third-order valence-electron chi connectivity index (χ3n) is 6.54. The Labute approximate surface area is 211 Å². The average Bonchev–Trinajstić information content (AvgIpc) is 3.47. The summed E-state index contributed by atoms with van der Waals surface area (Å²) in [4.78, 5) is 40.4. The maximum absolute atomic E-state index is 13.3. The molecule has 186 valence electrons. The fraction of sp³-hybridized carbons (Fsp3) is 0.231. The molecule has 0 bridgehead atoms. The number of benzene rings is 2. The summed E-state index contributed by atoms with van der Waals surface area (Å²) in [7, 11) is 0. The van der Waals surface area contributed by atoms with E-state index < -0.39 is 11.6 Å². The number of aromatic nitrogens is 4. The molecular formula is C26H23FN8O2. The second-order valence-electron chi connectivity index (χ2n) is 9.08. The molecule has 6 rings (SSSR count). The van der Waals surface area contributed by atoms with Crippen molar-refractivity contribution in [3.8, 4) is 5.69 Å². The van der Waals surface area contributed by atoms with Gasteiger partial charge in [-0.2, -0.15) is 5.10 Å². The molecule has 0 radical (unpaired) electrons. The first kappa shape index (κ1) is 22.8. The number of carbonyl (C=O) groups is 2. The highest BCUT2D eigenvalue weighted by Gasteiger charge is 2.57. The molecule has 1 aliphatic heterocycles. The number of urea groups is 1. The highest BCUT2D eigenvalue weighted by Crippen LogP contribution is 2.45. The van der Waals surface area contributed by atoms with Gasteiger partial charge in [0.05, 0.1) is 30.8 Å². The van der Waals surface area contributed by atoms with E-state index >= 15 is 0 Å². The van der Waals surface area contributed by atoms with E-state index in [0.29, 0.717) is 24.5 Å². The van der Waals surface area contributed by atoms with Crippen LogP contribution >= 0.6 is 0 Å². The summed E-state index contributed by atoms with van der Waals surface area (Å²) in [6, 6.07) is 15.2. The SMILES string of the molecule is O=C(NCC1=NC2(CC2)C(=O)N1Cc1ccc(F)cc1)NCc1ncnn1-c1ccc2cccnc2c1. The van der Waals surface area contributed by atoms with Crippen molar-refractivity contribution in [2.45, 2.75) is 31.5 Å². The molecule has 0 atom stereocenters. The summed E-state index contributed by atoms with van der Waals surface area (Å²) >= 11 is 0. The Balaban J connectivity index is 1.09. The lowest BCUT2D eigenvalue weighted by atomic mass is 10.2. The largest absolute Gasteiger partial charge is 0.331 e. The fourth-order valence-electron chi connectivity index (χ4n) is 4.41. The summed E-state index contributed by atoms with van der Waals surface area (Å²) in [6.45, 7) is 0.497. The van der Waals surface area contributed by atoms with Crippen molar-refractivity contribution in [2.75, 3.05) is 6.54 Å². The van der Waals surface area contributed by atoms with Crippen molar-refractivity contribution in [3.63, 3.8) is 0 Å². The molecule has 11 heteroatoms. The first-order valence-electron chi connectivity index (χ1n) is 11.9. The molecule has 4 aromatic rings. The number of fused-ring (bicyclic) bond motifs is 1. The second kappa shape index (κ2) is 9.08. The predicted octanol–water partition coefficient (Wildman–Crippen LogP) is 2.73. The first-order valence-corrected chi connectivity index (χ1v) is 11.9. The number of amidine groups is 1. The van der Waals surface area contributed by atoms with Crippen LogP contribution in [0.5, 0.6) is 0 Å². The van der Waals surface area contributed by atoms with Crippen molar-refractivity contribution in [2.24, 2.45) is 4.99 Å². The van der Waals surface area contributed by atoms with Gasteiger partial charge in [-0.25, -0.2) is 18.9 Å². The van der Waals surface area contributed by atoms with Crippen LogP contribution in [-0.4, -0.2) is 54.5 Å². The zero-order chi connectivity index (χ0) is 25.4. The van der Waals surface area contributed by atoms with Gasteiger partial charge in [0, 0.05) is 11.6 Å². The van der Waals surface area contributed by atoms with Gasteiger partial charge in [0.1, 0.15) is 23.5 Å². The van der Waals surface area contributed by atoms with Crippen molar-refractivity contribution in [3.05, 3.63) is 84.3 Å². The molecule has 2 N–H and O–H groups in total. The number of halogens is 1. The minimum atomic E-state index is -0.696. The van der Waals surface area contributed by atoms with E-state index in [1.54, 1.807) is 27.9 Å². The fourth-order valence-corrected chi connectivity index (χ4v) is 4.41. The van der Waals surface area contributed by atoms with Crippen LogP contribution in [0.2, 0.25) is 0 Å². The van der Waals surface area contributed by atoms with Gasteiger partial charge in [0.25, 0.3) is 5.91 Å². The second-order valence-corrected chi connectivity index (χ2v) is 9.08. The van der Waals surface area contributed by atoms with Crippen LogP contribution in [0.4, 0.5) is 9.18 Å². The van der Waals surface area contributed by atoms with Crippen molar-refractivity contribution >= 4 is 28.7 Å². The number of aliphatic imine (C=N–C) groups is 1. The Morgan fingerprint density at radius 1 is 1.03 bits per heavy atom. The summed E-state index contributed by atoms with van der Waals surface area (Å²) in [5.74, 6) is 0.630. The molecule has 1 saturated carbocycles. The van der Waals surface area contributed by atoms with E-state index in [4.69, 9.17) is 0 Å². The quantitative estimate of drug-likeness (QED) is 0.406. The Morgan fingerprint density at radius 3 is 2.65 bits per heavy atom. The third kappa shape index (κ3) is 4.51. The van der Waals surface area contributed by atoms with Crippen LogP contribution in [0, 0.1) is 5.82 Å². The normalized spacial score (nSPS) is 15.8. The maximum atomic E-state index is 13.3. The summed E-state index contributed by atoms with van der Waals surface area (Å²) in [6.07, 6.45) is 4.55.